The summed E-state index contributed by atoms with van der Waals surface area (Å²) in [7, 11) is 1.93. The van der Waals surface area contributed by atoms with Crippen LogP contribution in [-0.2, 0) is 12.8 Å². The van der Waals surface area contributed by atoms with Crippen LogP contribution in [0.4, 0.5) is 5.69 Å². The minimum atomic E-state index is -0.146. The van der Waals surface area contributed by atoms with Crippen molar-refractivity contribution in [1.29, 1.82) is 0 Å². The number of rotatable bonds is 6. The molecule has 1 aliphatic rings. The number of likely N-dealkylation sites (N-methyl/N-ethyl adjacent to an activating group) is 1. The van der Waals surface area contributed by atoms with Gasteiger partial charge in [0.15, 0.2) is 0 Å². The molecule has 26 heavy (non-hydrogen) atoms. The maximum absolute atomic E-state index is 12.3. The molecule has 2 aromatic rings. The Hall–Kier alpha value is -2.18. The number of benzene rings is 1. The number of aliphatic hydroxyl groups is 1. The van der Waals surface area contributed by atoms with Crippen molar-refractivity contribution in [2.45, 2.75) is 26.2 Å². The Kier molecular flexibility index (Phi) is 6.06. The van der Waals surface area contributed by atoms with E-state index in [1.807, 2.05) is 42.3 Å². The molecule has 0 radical (unpaired) electrons. The molecule has 1 aromatic carbocycles. The summed E-state index contributed by atoms with van der Waals surface area (Å²) in [6, 6.07) is 9.82. The summed E-state index contributed by atoms with van der Waals surface area (Å²) in [5.41, 5.74) is 5.88. The zero-order chi connectivity index (χ0) is 18.5. The summed E-state index contributed by atoms with van der Waals surface area (Å²) in [6.45, 7) is 2.97. The van der Waals surface area contributed by atoms with E-state index in [1.165, 1.54) is 16.9 Å². The minimum Gasteiger partial charge on any atom is -0.395 e. The Balaban J connectivity index is 1.57. The lowest BCUT2D eigenvalue weighted by atomic mass is 9.90. The number of anilines is 1. The van der Waals surface area contributed by atoms with Gasteiger partial charge in [0.25, 0.3) is 5.91 Å². The second kappa shape index (κ2) is 8.47. The van der Waals surface area contributed by atoms with Crippen molar-refractivity contribution >= 4 is 29.1 Å². The zero-order valence-corrected chi connectivity index (χ0v) is 16.1. The van der Waals surface area contributed by atoms with Gasteiger partial charge in [0, 0.05) is 24.2 Å². The number of aliphatic hydroxyl groups excluding tert-OH is 1. The molecule has 0 saturated carbocycles. The van der Waals surface area contributed by atoms with Crippen LogP contribution in [0, 0.1) is 5.92 Å². The molecule has 0 saturated heterocycles. The van der Waals surface area contributed by atoms with Crippen molar-refractivity contribution < 1.29 is 9.90 Å². The van der Waals surface area contributed by atoms with Gasteiger partial charge in [-0.1, -0.05) is 19.1 Å². The van der Waals surface area contributed by atoms with E-state index in [9.17, 15) is 4.79 Å². The number of fused-ring (bicyclic) bond motifs is 1. The van der Waals surface area contributed by atoms with E-state index in [-0.39, 0.29) is 12.5 Å². The lowest BCUT2D eigenvalue weighted by molar-refractivity contribution is 0.0959. The van der Waals surface area contributed by atoms with Crippen molar-refractivity contribution in [2.24, 2.45) is 11.0 Å². The molecule has 0 fully saturated rings. The first-order valence-corrected chi connectivity index (χ1v) is 9.75. The maximum Gasteiger partial charge on any atom is 0.281 e. The molecule has 2 N–H and O–H groups in total. The molecule has 3 rings (SSSR count). The summed E-state index contributed by atoms with van der Waals surface area (Å²) in [6.07, 6.45) is 4.99. The monoisotopic (exact) mass is 371 g/mol. The molecule has 0 bridgehead atoms. The van der Waals surface area contributed by atoms with E-state index in [1.54, 1.807) is 17.6 Å². The highest BCUT2D eigenvalue weighted by molar-refractivity contribution is 7.14. The predicted molar refractivity (Wildman–Crippen MR) is 107 cm³/mol. The number of carbonyl (C=O) groups excluding carboxylic acids is 1. The molecule has 138 valence electrons. The second-order valence-corrected chi connectivity index (χ2v) is 7.98. The van der Waals surface area contributed by atoms with E-state index in [4.69, 9.17) is 5.11 Å². The molecular weight excluding hydrogens is 346 g/mol. The van der Waals surface area contributed by atoms with Gasteiger partial charge in [-0.15, -0.1) is 11.3 Å². The number of aryl methyl sites for hydroxylation is 1. The minimum absolute atomic E-state index is 0.122. The molecule has 0 aliphatic heterocycles. The number of nitrogens with one attached hydrogen (secondary N) is 1. The fraction of sp³-hybridized carbons (Fsp3) is 0.400. The van der Waals surface area contributed by atoms with Crippen LogP contribution in [-0.4, -0.2) is 37.4 Å². The Bertz CT molecular complexity index is 783. The van der Waals surface area contributed by atoms with Crippen LogP contribution in [0.5, 0.6) is 0 Å². The van der Waals surface area contributed by atoms with Gasteiger partial charge in [0.1, 0.15) is 0 Å². The quantitative estimate of drug-likeness (QED) is 0.606. The molecule has 6 heteroatoms. The van der Waals surface area contributed by atoms with E-state index < -0.39 is 0 Å². The Morgan fingerprint density at radius 2 is 2.19 bits per heavy atom. The van der Waals surface area contributed by atoms with Gasteiger partial charge < -0.3 is 10.0 Å². The fourth-order valence-electron chi connectivity index (χ4n) is 3.13. The summed E-state index contributed by atoms with van der Waals surface area (Å²) >= 11 is 1.59. The van der Waals surface area contributed by atoms with E-state index in [2.05, 4.69) is 17.5 Å². The topological polar surface area (TPSA) is 64.9 Å². The standard InChI is InChI=1S/C20H25N3O2S/c1-14-3-8-18-16(11-14)12-19(26-18)20(25)22-21-13-15-4-6-17(7-5-15)23(2)9-10-24/h4-7,12-14,24H,3,8-11H2,1-2H3,(H,22,25)/b21-13+. The third kappa shape index (κ3) is 4.51. The highest BCUT2D eigenvalue weighted by atomic mass is 32.1. The number of hydrogen-bond acceptors (Lipinski definition) is 5. The Morgan fingerprint density at radius 3 is 2.92 bits per heavy atom. The smallest absolute Gasteiger partial charge is 0.281 e. The molecule has 1 aliphatic carbocycles. The SMILES string of the molecule is CC1CCc2sc(C(=O)N/N=C/c3ccc(N(C)CCO)cc3)cc2C1. The van der Waals surface area contributed by atoms with E-state index in [0.29, 0.717) is 12.5 Å². The molecule has 0 spiro atoms. The van der Waals surface area contributed by atoms with Crippen molar-refractivity contribution in [3.63, 3.8) is 0 Å². The van der Waals surface area contributed by atoms with Crippen LogP contribution in [0.3, 0.4) is 0 Å². The normalized spacial score (nSPS) is 16.5. The zero-order valence-electron chi connectivity index (χ0n) is 15.2. The third-order valence-corrected chi connectivity index (χ3v) is 5.94. The maximum atomic E-state index is 12.3. The Morgan fingerprint density at radius 1 is 1.42 bits per heavy atom. The summed E-state index contributed by atoms with van der Waals surface area (Å²) in [5.74, 6) is 0.554. The molecule has 5 nitrogen and oxygen atoms in total. The molecule has 1 amide bonds. The number of carbonyl (C=O) groups is 1. The van der Waals surface area contributed by atoms with Gasteiger partial charge >= 0.3 is 0 Å². The van der Waals surface area contributed by atoms with Crippen LogP contribution >= 0.6 is 11.3 Å². The first-order valence-electron chi connectivity index (χ1n) is 8.94. The van der Waals surface area contributed by atoms with Crippen LogP contribution in [0.1, 0.15) is 39.0 Å². The first kappa shape index (κ1) is 18.6. The second-order valence-electron chi connectivity index (χ2n) is 6.84. The van der Waals surface area contributed by atoms with Gasteiger partial charge in [0.05, 0.1) is 17.7 Å². The summed E-state index contributed by atoms with van der Waals surface area (Å²) in [5, 5.41) is 13.1. The van der Waals surface area contributed by atoms with Crippen LogP contribution in [0.2, 0.25) is 0 Å². The average Bonchev–Trinajstić information content (AvgIpc) is 3.05. The van der Waals surface area contributed by atoms with Crippen molar-refractivity contribution in [3.05, 3.63) is 51.2 Å². The molecule has 1 atom stereocenters. The number of amides is 1. The highest BCUT2D eigenvalue weighted by Gasteiger charge is 2.20. The lowest BCUT2D eigenvalue weighted by Gasteiger charge is -2.17. The predicted octanol–water partition coefficient (Wildman–Crippen LogP) is 3.07. The van der Waals surface area contributed by atoms with Crippen LogP contribution < -0.4 is 10.3 Å². The molecule has 1 heterocycles. The van der Waals surface area contributed by atoms with Gasteiger partial charge in [-0.25, -0.2) is 5.43 Å². The van der Waals surface area contributed by atoms with Crippen molar-refractivity contribution in [2.75, 3.05) is 25.1 Å². The van der Waals surface area contributed by atoms with Crippen LogP contribution in [0.15, 0.2) is 35.4 Å². The Labute approximate surface area is 158 Å². The lowest BCUT2D eigenvalue weighted by Crippen LogP contribution is -2.20. The largest absolute Gasteiger partial charge is 0.395 e. The molecular formula is C20H25N3O2S. The van der Waals surface area contributed by atoms with Crippen LogP contribution in [0.25, 0.3) is 0 Å². The van der Waals surface area contributed by atoms with Crippen molar-refractivity contribution in [1.82, 2.24) is 5.43 Å². The van der Waals surface area contributed by atoms with Crippen molar-refractivity contribution in [3.8, 4) is 0 Å². The van der Waals surface area contributed by atoms with E-state index in [0.717, 1.165) is 29.0 Å². The number of hydrogen-bond donors (Lipinski definition) is 2. The highest BCUT2D eigenvalue weighted by Crippen LogP contribution is 2.32. The molecule has 1 unspecified atom stereocenters. The number of nitrogens with zero attached hydrogens (tertiary/aromatic N) is 2. The van der Waals surface area contributed by atoms with Gasteiger partial charge in [-0.05, 0) is 54.5 Å². The summed E-state index contributed by atoms with van der Waals surface area (Å²) < 4.78 is 0. The first-order chi connectivity index (χ1) is 12.6. The molecule has 1 aromatic heterocycles. The van der Waals surface area contributed by atoms with E-state index >= 15 is 0 Å². The summed E-state index contributed by atoms with van der Waals surface area (Å²) in [4.78, 5) is 16.4. The number of thiophene rings is 1. The van der Waals surface area contributed by atoms with Gasteiger partial charge in [-0.2, -0.15) is 5.10 Å². The van der Waals surface area contributed by atoms with Gasteiger partial charge in [0.2, 0.25) is 0 Å². The third-order valence-electron chi connectivity index (χ3n) is 4.70. The fourth-order valence-corrected chi connectivity index (χ4v) is 4.23. The van der Waals surface area contributed by atoms with Gasteiger partial charge in [-0.3, -0.25) is 4.79 Å². The average molecular weight is 372 g/mol. The number of hydrazone groups is 1.